The van der Waals surface area contributed by atoms with Gasteiger partial charge in [0.1, 0.15) is 5.60 Å². The van der Waals surface area contributed by atoms with Gasteiger partial charge in [-0.1, -0.05) is 42.5 Å². The molecular weight excluding hydrogens is 350 g/mol. The molecule has 5 nitrogen and oxygen atoms in total. The van der Waals surface area contributed by atoms with Gasteiger partial charge in [-0.25, -0.2) is 4.79 Å². The summed E-state index contributed by atoms with van der Waals surface area (Å²) in [5.74, 6) is 0. The van der Waals surface area contributed by atoms with Crippen molar-refractivity contribution < 1.29 is 9.53 Å². The first-order valence-corrected chi connectivity index (χ1v) is 9.76. The highest BCUT2D eigenvalue weighted by Gasteiger charge is 2.32. The SMILES string of the molecule is CC(C)(C)OC(=O)N1CCN(Cc2ccccc2)C[C@H]1/C=C/c1ccccn1. The van der Waals surface area contributed by atoms with Crippen molar-refractivity contribution in [3.8, 4) is 0 Å². The quantitative estimate of drug-likeness (QED) is 0.798. The van der Waals surface area contributed by atoms with Gasteiger partial charge in [-0.05, 0) is 44.5 Å². The van der Waals surface area contributed by atoms with Crippen LogP contribution in [0.4, 0.5) is 4.79 Å². The van der Waals surface area contributed by atoms with Gasteiger partial charge in [0.2, 0.25) is 0 Å². The number of amides is 1. The second kappa shape index (κ2) is 9.02. The second-order valence-corrected chi connectivity index (χ2v) is 8.08. The molecule has 0 saturated carbocycles. The van der Waals surface area contributed by atoms with Crippen LogP contribution in [0.25, 0.3) is 6.08 Å². The van der Waals surface area contributed by atoms with Gasteiger partial charge in [0.15, 0.2) is 0 Å². The molecule has 3 rings (SSSR count). The standard InChI is InChI=1S/C23H29N3O2/c1-23(2,3)28-22(27)26-16-15-25(17-19-9-5-4-6-10-19)18-21(26)13-12-20-11-7-8-14-24-20/h4-14,21H,15-18H2,1-3H3/b13-12+/t21-/m1/s1. The number of aromatic nitrogens is 1. The molecule has 1 aliphatic rings. The fourth-order valence-electron chi connectivity index (χ4n) is 3.25. The number of nitrogens with zero attached hydrogens (tertiary/aromatic N) is 3. The summed E-state index contributed by atoms with van der Waals surface area (Å²) >= 11 is 0. The Bertz CT molecular complexity index is 784. The minimum atomic E-state index is -0.506. The van der Waals surface area contributed by atoms with Crippen LogP contribution in [0.15, 0.2) is 60.8 Å². The molecule has 0 N–H and O–H groups in total. The largest absolute Gasteiger partial charge is 0.444 e. The zero-order valence-corrected chi connectivity index (χ0v) is 16.9. The summed E-state index contributed by atoms with van der Waals surface area (Å²) in [7, 11) is 0. The predicted molar refractivity (Wildman–Crippen MR) is 112 cm³/mol. The number of pyridine rings is 1. The molecule has 0 aliphatic carbocycles. The van der Waals surface area contributed by atoms with Crippen LogP contribution in [-0.4, -0.2) is 52.2 Å². The predicted octanol–water partition coefficient (Wildman–Crippen LogP) is 4.22. The van der Waals surface area contributed by atoms with Gasteiger partial charge in [-0.15, -0.1) is 0 Å². The maximum atomic E-state index is 12.7. The molecule has 148 valence electrons. The van der Waals surface area contributed by atoms with Crippen LogP contribution in [0, 0.1) is 0 Å². The van der Waals surface area contributed by atoms with E-state index >= 15 is 0 Å². The molecule has 2 aromatic rings. The summed E-state index contributed by atoms with van der Waals surface area (Å²) in [5.41, 5.74) is 1.65. The van der Waals surface area contributed by atoms with Gasteiger partial charge in [0.25, 0.3) is 0 Å². The van der Waals surface area contributed by atoms with Gasteiger partial charge >= 0.3 is 6.09 Å². The van der Waals surface area contributed by atoms with E-state index in [-0.39, 0.29) is 12.1 Å². The molecule has 0 radical (unpaired) electrons. The smallest absolute Gasteiger partial charge is 0.410 e. The summed E-state index contributed by atoms with van der Waals surface area (Å²) < 4.78 is 5.63. The van der Waals surface area contributed by atoms with Crippen molar-refractivity contribution in [1.82, 2.24) is 14.8 Å². The van der Waals surface area contributed by atoms with Crippen molar-refractivity contribution in [1.29, 1.82) is 0 Å². The lowest BCUT2D eigenvalue weighted by atomic mass is 10.1. The average molecular weight is 380 g/mol. The van der Waals surface area contributed by atoms with E-state index < -0.39 is 5.60 Å². The van der Waals surface area contributed by atoms with Crippen molar-refractivity contribution in [2.75, 3.05) is 19.6 Å². The van der Waals surface area contributed by atoms with E-state index in [0.29, 0.717) is 6.54 Å². The number of piperazine rings is 1. The molecule has 1 atom stereocenters. The average Bonchev–Trinajstić information content (AvgIpc) is 2.67. The topological polar surface area (TPSA) is 45.7 Å². The van der Waals surface area contributed by atoms with Crippen LogP contribution < -0.4 is 0 Å². The molecule has 0 spiro atoms. The van der Waals surface area contributed by atoms with E-state index in [1.54, 1.807) is 6.20 Å². The van der Waals surface area contributed by atoms with Crippen LogP contribution >= 0.6 is 0 Å². The molecule has 28 heavy (non-hydrogen) atoms. The van der Waals surface area contributed by atoms with Crippen LogP contribution in [0.2, 0.25) is 0 Å². The van der Waals surface area contributed by atoms with Crippen molar-refractivity contribution in [3.05, 3.63) is 72.1 Å². The summed E-state index contributed by atoms with van der Waals surface area (Å²) in [6.45, 7) is 8.79. The molecule has 1 saturated heterocycles. The monoisotopic (exact) mass is 379 g/mol. The first kappa shape index (κ1) is 20.1. The minimum absolute atomic E-state index is 0.0608. The van der Waals surface area contributed by atoms with E-state index in [4.69, 9.17) is 4.74 Å². The zero-order valence-electron chi connectivity index (χ0n) is 16.9. The van der Waals surface area contributed by atoms with Crippen molar-refractivity contribution >= 4 is 12.2 Å². The summed E-state index contributed by atoms with van der Waals surface area (Å²) in [6, 6.07) is 16.2. The van der Waals surface area contributed by atoms with E-state index in [1.807, 2.05) is 56.0 Å². The lowest BCUT2D eigenvalue weighted by molar-refractivity contribution is 0.00470. The fourth-order valence-corrected chi connectivity index (χ4v) is 3.25. The molecule has 0 unspecified atom stereocenters. The number of rotatable bonds is 4. The van der Waals surface area contributed by atoms with Gasteiger partial charge in [0.05, 0.1) is 11.7 Å². The molecule has 1 fully saturated rings. The number of hydrogen-bond acceptors (Lipinski definition) is 4. The Kier molecular flexibility index (Phi) is 6.47. The highest BCUT2D eigenvalue weighted by molar-refractivity contribution is 5.69. The zero-order chi connectivity index (χ0) is 20.0. The first-order valence-electron chi connectivity index (χ1n) is 9.76. The molecule has 1 aromatic carbocycles. The molecule has 1 amide bonds. The number of benzene rings is 1. The van der Waals surface area contributed by atoms with Crippen LogP contribution in [0.1, 0.15) is 32.0 Å². The Morgan fingerprint density at radius 2 is 1.89 bits per heavy atom. The molecule has 0 bridgehead atoms. The van der Waals surface area contributed by atoms with E-state index in [0.717, 1.165) is 25.3 Å². The fraction of sp³-hybridized carbons (Fsp3) is 0.391. The third-order valence-electron chi connectivity index (χ3n) is 4.56. The molecule has 5 heteroatoms. The van der Waals surface area contributed by atoms with Crippen molar-refractivity contribution in [2.45, 2.75) is 39.0 Å². The van der Waals surface area contributed by atoms with Crippen LogP contribution in [-0.2, 0) is 11.3 Å². The Hall–Kier alpha value is -2.66. The summed E-state index contributed by atoms with van der Waals surface area (Å²) in [5, 5.41) is 0. The summed E-state index contributed by atoms with van der Waals surface area (Å²) in [4.78, 5) is 21.3. The Balaban J connectivity index is 1.74. The Labute approximate surface area is 167 Å². The molecule has 2 heterocycles. The van der Waals surface area contributed by atoms with Gasteiger partial charge < -0.3 is 4.74 Å². The van der Waals surface area contributed by atoms with Gasteiger partial charge in [-0.2, -0.15) is 0 Å². The van der Waals surface area contributed by atoms with E-state index in [1.165, 1.54) is 5.56 Å². The van der Waals surface area contributed by atoms with Crippen molar-refractivity contribution in [3.63, 3.8) is 0 Å². The van der Waals surface area contributed by atoms with E-state index in [9.17, 15) is 4.79 Å². The summed E-state index contributed by atoms with van der Waals surface area (Å²) in [6.07, 6.45) is 5.55. The molecule has 1 aromatic heterocycles. The normalized spacial score (nSPS) is 18.4. The molecular formula is C23H29N3O2. The molecule has 1 aliphatic heterocycles. The highest BCUT2D eigenvalue weighted by atomic mass is 16.6. The maximum absolute atomic E-state index is 12.7. The number of ether oxygens (including phenoxy) is 1. The number of carbonyl (C=O) groups excluding carboxylic acids is 1. The Morgan fingerprint density at radius 3 is 2.57 bits per heavy atom. The third-order valence-corrected chi connectivity index (χ3v) is 4.56. The Morgan fingerprint density at radius 1 is 1.14 bits per heavy atom. The van der Waals surface area contributed by atoms with E-state index in [2.05, 4.69) is 40.2 Å². The van der Waals surface area contributed by atoms with Gasteiger partial charge in [-0.3, -0.25) is 14.8 Å². The van der Waals surface area contributed by atoms with Gasteiger partial charge in [0, 0.05) is 32.4 Å². The first-order chi connectivity index (χ1) is 13.4. The van der Waals surface area contributed by atoms with Crippen LogP contribution in [0.3, 0.4) is 0 Å². The number of carbonyl (C=O) groups is 1. The minimum Gasteiger partial charge on any atom is -0.444 e. The second-order valence-electron chi connectivity index (χ2n) is 8.08. The number of hydrogen-bond donors (Lipinski definition) is 0. The lowest BCUT2D eigenvalue weighted by Crippen LogP contribution is -2.55. The van der Waals surface area contributed by atoms with Crippen molar-refractivity contribution in [2.24, 2.45) is 0 Å². The highest BCUT2D eigenvalue weighted by Crippen LogP contribution is 2.19. The van der Waals surface area contributed by atoms with Crippen LogP contribution in [0.5, 0.6) is 0 Å². The lowest BCUT2D eigenvalue weighted by Gasteiger charge is -2.40. The third kappa shape index (κ3) is 5.92. The maximum Gasteiger partial charge on any atom is 0.410 e.